The predicted molar refractivity (Wildman–Crippen MR) is 185 cm³/mol. The van der Waals surface area contributed by atoms with E-state index in [1.165, 1.54) is 35.6 Å². The zero-order chi connectivity index (χ0) is 29.0. The van der Waals surface area contributed by atoms with E-state index in [9.17, 15) is 0 Å². The summed E-state index contributed by atoms with van der Waals surface area (Å²) in [4.78, 5) is 19.8. The van der Waals surface area contributed by atoms with Gasteiger partial charge in [-0.1, -0.05) is 115 Å². The number of benzene rings is 6. The summed E-state index contributed by atoms with van der Waals surface area (Å²) in [6.07, 6.45) is 0. The molecular formula is C38H22N4S2. The van der Waals surface area contributed by atoms with Crippen molar-refractivity contribution < 1.29 is 0 Å². The van der Waals surface area contributed by atoms with E-state index in [-0.39, 0.29) is 0 Å². The SMILES string of the molecule is c1ccc(-c2nc(-c3ccccc3)nc(-c3cccc(-c4nc5ccc6c(sc7ccc8ccccc8c76)c5s4)c3)n2)cc1. The van der Waals surface area contributed by atoms with Crippen LogP contribution in [0, 0.1) is 0 Å². The largest absolute Gasteiger partial charge is 0.236 e. The second-order valence-electron chi connectivity index (χ2n) is 10.7. The van der Waals surface area contributed by atoms with Gasteiger partial charge in [-0.2, -0.15) is 0 Å². The lowest BCUT2D eigenvalue weighted by Gasteiger charge is -2.09. The van der Waals surface area contributed by atoms with Gasteiger partial charge in [-0.15, -0.1) is 22.7 Å². The van der Waals surface area contributed by atoms with Crippen molar-refractivity contribution in [2.75, 3.05) is 0 Å². The van der Waals surface area contributed by atoms with Crippen LogP contribution >= 0.6 is 22.7 Å². The molecule has 0 radical (unpaired) electrons. The van der Waals surface area contributed by atoms with Gasteiger partial charge in [0.15, 0.2) is 17.5 Å². The lowest BCUT2D eigenvalue weighted by Crippen LogP contribution is -2.00. The smallest absolute Gasteiger partial charge is 0.164 e. The molecule has 0 atom stereocenters. The number of fused-ring (bicyclic) bond motifs is 7. The third kappa shape index (κ3) is 4.19. The zero-order valence-corrected chi connectivity index (χ0v) is 24.9. The Labute approximate surface area is 261 Å². The van der Waals surface area contributed by atoms with E-state index in [1.807, 2.05) is 72.0 Å². The van der Waals surface area contributed by atoms with Gasteiger partial charge < -0.3 is 0 Å². The van der Waals surface area contributed by atoms with Crippen molar-refractivity contribution in [1.29, 1.82) is 0 Å². The third-order valence-corrected chi connectivity index (χ3v) is 10.4. The fraction of sp³-hybridized carbons (Fsp3) is 0. The van der Waals surface area contributed by atoms with Crippen LogP contribution in [0.5, 0.6) is 0 Å². The topological polar surface area (TPSA) is 51.6 Å². The van der Waals surface area contributed by atoms with Gasteiger partial charge in [-0.25, -0.2) is 19.9 Å². The molecule has 3 aromatic heterocycles. The van der Waals surface area contributed by atoms with Crippen molar-refractivity contribution in [2.24, 2.45) is 0 Å². The quantitative estimate of drug-likeness (QED) is 0.202. The molecule has 3 heterocycles. The van der Waals surface area contributed by atoms with E-state index in [2.05, 4.69) is 72.8 Å². The normalized spacial score (nSPS) is 11.6. The van der Waals surface area contributed by atoms with Gasteiger partial charge in [0.05, 0.1) is 14.9 Å². The highest BCUT2D eigenvalue weighted by Crippen LogP contribution is 2.44. The first-order valence-corrected chi connectivity index (χ1v) is 16.0. The van der Waals surface area contributed by atoms with E-state index in [4.69, 9.17) is 19.9 Å². The van der Waals surface area contributed by atoms with Crippen molar-refractivity contribution in [3.05, 3.63) is 133 Å². The average molecular weight is 599 g/mol. The average Bonchev–Trinajstić information content (AvgIpc) is 3.71. The van der Waals surface area contributed by atoms with Crippen LogP contribution < -0.4 is 0 Å². The minimum atomic E-state index is 0.638. The lowest BCUT2D eigenvalue weighted by molar-refractivity contribution is 1.07. The van der Waals surface area contributed by atoms with Gasteiger partial charge in [0.25, 0.3) is 0 Å². The van der Waals surface area contributed by atoms with Gasteiger partial charge in [0.2, 0.25) is 0 Å². The molecule has 44 heavy (non-hydrogen) atoms. The summed E-state index contributed by atoms with van der Waals surface area (Å²) >= 11 is 3.61. The Kier molecular flexibility index (Phi) is 5.82. The summed E-state index contributed by atoms with van der Waals surface area (Å²) in [5, 5.41) is 6.18. The third-order valence-electron chi connectivity index (χ3n) is 7.95. The molecule has 0 fully saturated rings. The van der Waals surface area contributed by atoms with Gasteiger partial charge >= 0.3 is 0 Å². The van der Waals surface area contributed by atoms with E-state index in [0.717, 1.165) is 32.8 Å². The second kappa shape index (κ2) is 10.2. The molecule has 0 unspecified atom stereocenters. The minimum absolute atomic E-state index is 0.638. The van der Waals surface area contributed by atoms with Crippen molar-refractivity contribution in [2.45, 2.75) is 0 Å². The fourth-order valence-electron chi connectivity index (χ4n) is 5.84. The summed E-state index contributed by atoms with van der Waals surface area (Å²) < 4.78 is 3.83. The first-order valence-electron chi connectivity index (χ1n) is 14.4. The molecule has 0 bridgehead atoms. The molecule has 0 aliphatic rings. The molecular weight excluding hydrogens is 577 g/mol. The Balaban J connectivity index is 1.18. The standard InChI is InChI=1S/C38H22N4S2/c1-3-11-24(12-4-1)35-40-36(25-13-5-2-6-14-25)42-37(41-35)26-15-9-16-27(22-26)38-39-30-20-19-29-32-28-17-8-7-10-23(28)18-21-31(32)43-33(29)34(30)44-38/h1-22H. The summed E-state index contributed by atoms with van der Waals surface area (Å²) in [5.41, 5.74) is 4.91. The molecule has 0 N–H and O–H groups in total. The van der Waals surface area contributed by atoms with Crippen LogP contribution in [0.25, 0.3) is 85.9 Å². The van der Waals surface area contributed by atoms with Crippen LogP contribution in [-0.2, 0) is 0 Å². The summed E-state index contributed by atoms with van der Waals surface area (Å²) in [5.74, 6) is 1.94. The molecule has 6 heteroatoms. The number of rotatable bonds is 4. The second-order valence-corrected chi connectivity index (χ2v) is 12.7. The number of thiophene rings is 1. The number of thiazole rings is 1. The molecule has 0 saturated carbocycles. The van der Waals surface area contributed by atoms with E-state index >= 15 is 0 Å². The maximum atomic E-state index is 5.10. The van der Waals surface area contributed by atoms with Crippen LogP contribution in [0.1, 0.15) is 0 Å². The molecule has 0 spiro atoms. The first-order chi connectivity index (χ1) is 21.8. The van der Waals surface area contributed by atoms with Crippen LogP contribution in [0.3, 0.4) is 0 Å². The van der Waals surface area contributed by atoms with Crippen LogP contribution in [0.4, 0.5) is 0 Å². The Bertz CT molecular complexity index is 2440. The molecule has 0 saturated heterocycles. The van der Waals surface area contributed by atoms with Gasteiger partial charge in [0, 0.05) is 37.7 Å². The maximum Gasteiger partial charge on any atom is 0.164 e. The van der Waals surface area contributed by atoms with E-state index in [0.29, 0.717) is 17.5 Å². The monoisotopic (exact) mass is 598 g/mol. The summed E-state index contributed by atoms with van der Waals surface area (Å²) in [6.45, 7) is 0. The molecule has 0 aliphatic carbocycles. The Morgan fingerprint density at radius 2 is 1.05 bits per heavy atom. The first kappa shape index (κ1) is 25.2. The van der Waals surface area contributed by atoms with Gasteiger partial charge in [-0.3, -0.25) is 0 Å². The molecule has 9 aromatic rings. The lowest BCUT2D eigenvalue weighted by atomic mass is 10.0. The number of hydrogen-bond donors (Lipinski definition) is 0. The Hall–Kier alpha value is -5.30. The summed E-state index contributed by atoms with van der Waals surface area (Å²) in [7, 11) is 0. The molecule has 0 amide bonds. The van der Waals surface area contributed by atoms with Crippen molar-refractivity contribution >= 4 is 63.8 Å². The van der Waals surface area contributed by atoms with Crippen LogP contribution in [0.2, 0.25) is 0 Å². The van der Waals surface area contributed by atoms with Crippen molar-refractivity contribution in [3.63, 3.8) is 0 Å². The number of hydrogen-bond acceptors (Lipinski definition) is 6. The van der Waals surface area contributed by atoms with E-state index in [1.54, 1.807) is 11.3 Å². The van der Waals surface area contributed by atoms with Crippen molar-refractivity contribution in [1.82, 2.24) is 19.9 Å². The fourth-order valence-corrected chi connectivity index (χ4v) is 8.25. The number of nitrogens with zero attached hydrogens (tertiary/aromatic N) is 4. The molecule has 6 aromatic carbocycles. The molecule has 4 nitrogen and oxygen atoms in total. The minimum Gasteiger partial charge on any atom is -0.236 e. The maximum absolute atomic E-state index is 5.10. The van der Waals surface area contributed by atoms with Gasteiger partial charge in [0.1, 0.15) is 5.01 Å². The predicted octanol–water partition coefficient (Wildman–Crippen LogP) is 10.7. The van der Waals surface area contributed by atoms with Crippen molar-refractivity contribution in [3.8, 4) is 44.7 Å². The summed E-state index contributed by atoms with van der Waals surface area (Å²) in [6, 6.07) is 46.1. The molecule has 0 aliphatic heterocycles. The highest BCUT2D eigenvalue weighted by atomic mass is 32.1. The Morgan fingerprint density at radius 3 is 1.80 bits per heavy atom. The highest BCUT2D eigenvalue weighted by Gasteiger charge is 2.17. The zero-order valence-electron chi connectivity index (χ0n) is 23.3. The Morgan fingerprint density at radius 1 is 0.409 bits per heavy atom. The molecule has 9 rings (SSSR count). The van der Waals surface area contributed by atoms with Crippen LogP contribution in [0.15, 0.2) is 133 Å². The highest BCUT2D eigenvalue weighted by molar-refractivity contribution is 7.32. The van der Waals surface area contributed by atoms with Gasteiger partial charge in [-0.05, 0) is 29.0 Å². The van der Waals surface area contributed by atoms with E-state index < -0.39 is 0 Å². The van der Waals surface area contributed by atoms with Crippen LogP contribution in [-0.4, -0.2) is 19.9 Å². The molecule has 206 valence electrons. The number of aromatic nitrogens is 4.